The molecule has 112 valence electrons. The third-order valence-corrected chi connectivity index (χ3v) is 2.28. The van der Waals surface area contributed by atoms with E-state index in [-0.39, 0.29) is 17.0 Å². The molecule has 0 saturated carbocycles. The Hall–Kier alpha value is -1.43. The van der Waals surface area contributed by atoms with E-state index in [4.69, 9.17) is 4.74 Å². The summed E-state index contributed by atoms with van der Waals surface area (Å²) in [7, 11) is 0. The van der Waals surface area contributed by atoms with Gasteiger partial charge in [0.1, 0.15) is 12.1 Å². The summed E-state index contributed by atoms with van der Waals surface area (Å²) in [5, 5.41) is 2.69. The number of hydrogen-bond donors (Lipinski definition) is 1. The Kier molecular flexibility index (Phi) is 8.06. The first-order chi connectivity index (χ1) is 8.90. The van der Waals surface area contributed by atoms with Crippen LogP contribution in [0.2, 0.25) is 0 Å². The lowest BCUT2D eigenvalue weighted by Gasteiger charge is -2.19. The van der Waals surface area contributed by atoms with Crippen LogP contribution in [0.25, 0.3) is 0 Å². The first-order valence-electron chi connectivity index (χ1n) is 6.32. The largest absolute Gasteiger partial charge is 1.00 e. The first kappa shape index (κ1) is 18.6. The van der Waals surface area contributed by atoms with Gasteiger partial charge >= 0.3 is 6.09 Å². The van der Waals surface area contributed by atoms with Crippen LogP contribution in [0.4, 0.5) is 4.79 Å². The van der Waals surface area contributed by atoms with Gasteiger partial charge in [0, 0.05) is 19.0 Å². The van der Waals surface area contributed by atoms with Gasteiger partial charge in [0.25, 0.3) is 0 Å². The van der Waals surface area contributed by atoms with Crippen LogP contribution in [0.3, 0.4) is 0 Å². The number of carbonyl (C=O) groups is 2. The number of rotatable bonds is 5. The molecule has 1 heterocycles. The van der Waals surface area contributed by atoms with E-state index in [1.54, 1.807) is 12.3 Å². The molecule has 1 rings (SSSR count). The molecule has 0 unspecified atom stereocenters. The van der Waals surface area contributed by atoms with Crippen LogP contribution < -0.4 is 26.9 Å². The topological polar surface area (TPSA) is 59.3 Å². The molecule has 1 N–H and O–H groups in total. The third kappa shape index (κ3) is 7.89. The molecule has 0 atom stereocenters. The highest BCUT2D eigenvalue weighted by Gasteiger charge is 2.15. The molecule has 0 aliphatic carbocycles. The van der Waals surface area contributed by atoms with E-state index in [0.717, 1.165) is 19.3 Å². The van der Waals surface area contributed by atoms with Gasteiger partial charge < -0.3 is 27.0 Å². The number of pyridine rings is 1. The summed E-state index contributed by atoms with van der Waals surface area (Å²) in [5.41, 5.74) is 0.166. The summed E-state index contributed by atoms with van der Waals surface area (Å²) in [6.07, 6.45) is 4.85. The maximum atomic E-state index is 11.4. The highest BCUT2D eigenvalue weighted by Crippen LogP contribution is 2.06. The fraction of sp³-hybridized carbons (Fsp3) is 0.500. The van der Waals surface area contributed by atoms with Crippen LogP contribution in [0, 0.1) is 0 Å². The zero-order chi connectivity index (χ0) is 14.3. The van der Waals surface area contributed by atoms with Gasteiger partial charge in [0.2, 0.25) is 0 Å². The van der Waals surface area contributed by atoms with E-state index in [0.29, 0.717) is 12.1 Å². The van der Waals surface area contributed by atoms with Crippen LogP contribution in [-0.2, 0) is 11.3 Å². The Labute approximate surface area is 130 Å². The Bertz CT molecular complexity index is 444. The van der Waals surface area contributed by atoms with E-state index in [1.165, 1.54) is 0 Å². The lowest BCUT2D eigenvalue weighted by molar-refractivity contribution is -0.697. The van der Waals surface area contributed by atoms with Crippen LogP contribution in [-0.4, -0.2) is 24.5 Å². The molecular formula is C14H21BrN2O3. The number of ether oxygens (including phenoxy) is 1. The molecule has 1 aromatic heterocycles. The average Bonchev–Trinajstić information content (AvgIpc) is 2.33. The van der Waals surface area contributed by atoms with Crippen molar-refractivity contribution in [1.82, 2.24) is 5.32 Å². The molecule has 20 heavy (non-hydrogen) atoms. The fourth-order valence-electron chi connectivity index (χ4n) is 1.52. The summed E-state index contributed by atoms with van der Waals surface area (Å²) in [5.74, 6) is 0. The Morgan fingerprint density at radius 1 is 1.45 bits per heavy atom. The smallest absolute Gasteiger partial charge is 0.407 e. The standard InChI is InChI=1S/C14H20N2O3.BrH/c1-14(2,3)19-13(18)15-7-5-9-16-8-4-6-12(10-16)11-17;/h4,6,8,10-11H,5,7,9H2,1-3H3;1H. The van der Waals surface area contributed by atoms with Crippen LogP contribution >= 0.6 is 0 Å². The minimum atomic E-state index is -0.475. The summed E-state index contributed by atoms with van der Waals surface area (Å²) in [6, 6.07) is 3.58. The maximum absolute atomic E-state index is 11.4. The second-order valence-electron chi connectivity index (χ2n) is 5.28. The Morgan fingerprint density at radius 3 is 2.75 bits per heavy atom. The van der Waals surface area contributed by atoms with Crippen molar-refractivity contribution < 1.29 is 35.9 Å². The average molecular weight is 345 g/mol. The molecule has 1 aromatic rings. The van der Waals surface area contributed by atoms with Crippen molar-refractivity contribution in [1.29, 1.82) is 0 Å². The predicted molar refractivity (Wildman–Crippen MR) is 70.9 cm³/mol. The van der Waals surface area contributed by atoms with Gasteiger partial charge in [-0.05, 0) is 26.8 Å². The van der Waals surface area contributed by atoms with Gasteiger partial charge in [-0.2, -0.15) is 0 Å². The maximum Gasteiger partial charge on any atom is 0.407 e. The van der Waals surface area contributed by atoms with Gasteiger partial charge in [-0.15, -0.1) is 0 Å². The molecule has 0 fully saturated rings. The quantitative estimate of drug-likeness (QED) is 0.410. The van der Waals surface area contributed by atoms with E-state index >= 15 is 0 Å². The third-order valence-electron chi connectivity index (χ3n) is 2.28. The Morgan fingerprint density at radius 2 is 2.15 bits per heavy atom. The zero-order valence-electron chi connectivity index (χ0n) is 12.1. The number of amides is 1. The highest BCUT2D eigenvalue weighted by molar-refractivity contribution is 5.73. The molecule has 5 nitrogen and oxygen atoms in total. The van der Waals surface area contributed by atoms with E-state index < -0.39 is 11.7 Å². The normalized spacial score (nSPS) is 10.3. The minimum absolute atomic E-state index is 0. The molecule has 0 saturated heterocycles. The van der Waals surface area contributed by atoms with Gasteiger partial charge in [0.15, 0.2) is 18.7 Å². The fourth-order valence-corrected chi connectivity index (χ4v) is 1.52. The van der Waals surface area contributed by atoms with Gasteiger partial charge in [-0.1, -0.05) is 0 Å². The monoisotopic (exact) mass is 344 g/mol. The molecule has 1 amide bonds. The molecular weight excluding hydrogens is 324 g/mol. The number of aldehydes is 1. The van der Waals surface area contributed by atoms with Crippen LogP contribution in [0.15, 0.2) is 24.5 Å². The molecule has 0 bridgehead atoms. The molecule has 0 aromatic carbocycles. The van der Waals surface area contributed by atoms with E-state index in [2.05, 4.69) is 5.32 Å². The van der Waals surface area contributed by atoms with Crippen molar-refractivity contribution in [3.05, 3.63) is 30.1 Å². The van der Waals surface area contributed by atoms with E-state index in [9.17, 15) is 9.59 Å². The number of aryl methyl sites for hydroxylation is 1. The van der Waals surface area contributed by atoms with Crippen molar-refractivity contribution in [2.24, 2.45) is 0 Å². The van der Waals surface area contributed by atoms with Crippen molar-refractivity contribution in [2.45, 2.75) is 39.3 Å². The first-order valence-corrected chi connectivity index (χ1v) is 6.32. The van der Waals surface area contributed by atoms with E-state index in [1.807, 2.05) is 37.6 Å². The number of hydrogen-bond acceptors (Lipinski definition) is 3. The molecule has 0 spiro atoms. The zero-order valence-corrected chi connectivity index (χ0v) is 13.6. The number of nitrogens with zero attached hydrogens (tertiary/aromatic N) is 1. The number of alkyl carbamates (subject to hydrolysis) is 1. The van der Waals surface area contributed by atoms with Crippen molar-refractivity contribution in [3.63, 3.8) is 0 Å². The lowest BCUT2D eigenvalue weighted by Crippen LogP contribution is -3.00. The summed E-state index contributed by atoms with van der Waals surface area (Å²) in [6.45, 7) is 6.75. The van der Waals surface area contributed by atoms with Gasteiger partial charge in [0.05, 0.1) is 5.56 Å². The second-order valence-corrected chi connectivity index (χ2v) is 5.28. The summed E-state index contributed by atoms with van der Waals surface area (Å²) < 4.78 is 7.04. The predicted octanol–water partition coefficient (Wildman–Crippen LogP) is -1.29. The van der Waals surface area contributed by atoms with Gasteiger partial charge in [-0.3, -0.25) is 4.79 Å². The molecule has 6 heteroatoms. The van der Waals surface area contributed by atoms with Crippen molar-refractivity contribution in [3.8, 4) is 0 Å². The Balaban J connectivity index is 0.00000361. The molecule has 0 aliphatic heterocycles. The number of halogens is 1. The minimum Gasteiger partial charge on any atom is -1.00 e. The highest BCUT2D eigenvalue weighted by atomic mass is 79.9. The number of carbonyl (C=O) groups excluding carboxylic acids is 2. The molecule has 0 aliphatic rings. The second kappa shape index (κ2) is 8.68. The number of aromatic nitrogens is 1. The van der Waals surface area contributed by atoms with Crippen molar-refractivity contribution in [2.75, 3.05) is 6.54 Å². The van der Waals surface area contributed by atoms with Crippen LogP contribution in [0.1, 0.15) is 37.6 Å². The molecule has 0 radical (unpaired) electrons. The van der Waals surface area contributed by atoms with Crippen molar-refractivity contribution >= 4 is 12.4 Å². The van der Waals surface area contributed by atoms with Gasteiger partial charge in [-0.25, -0.2) is 9.36 Å². The SMILES string of the molecule is CC(C)(C)OC(=O)NCCC[n+]1cccc(C=O)c1.[Br-]. The summed E-state index contributed by atoms with van der Waals surface area (Å²) in [4.78, 5) is 22.0. The lowest BCUT2D eigenvalue weighted by atomic mass is 10.2. The van der Waals surface area contributed by atoms with Crippen LogP contribution in [0.5, 0.6) is 0 Å². The number of nitrogens with one attached hydrogen (secondary N) is 1. The summed E-state index contributed by atoms with van der Waals surface area (Å²) >= 11 is 0.